The van der Waals surface area contributed by atoms with Crippen LogP contribution in [-0.2, 0) is 11.3 Å². The van der Waals surface area contributed by atoms with Crippen LogP contribution in [0, 0.1) is 5.92 Å². The summed E-state index contributed by atoms with van der Waals surface area (Å²) in [6, 6.07) is 0.743. The second kappa shape index (κ2) is 7.28. The molecule has 1 aromatic heterocycles. The Morgan fingerprint density at radius 1 is 1.35 bits per heavy atom. The second-order valence-electron chi connectivity index (χ2n) is 5.17. The first kappa shape index (κ1) is 14.8. The predicted octanol–water partition coefficient (Wildman–Crippen LogP) is 2.58. The van der Waals surface area contributed by atoms with Crippen molar-refractivity contribution < 1.29 is 14.7 Å². The summed E-state index contributed by atoms with van der Waals surface area (Å²) in [6.07, 6.45) is 5.01. The van der Waals surface area contributed by atoms with Crippen molar-refractivity contribution in [3.8, 4) is 0 Å². The van der Waals surface area contributed by atoms with E-state index in [1.807, 2.05) is 16.8 Å². The van der Waals surface area contributed by atoms with E-state index in [9.17, 15) is 14.7 Å². The number of carboxylic acids is 1. The molecule has 1 aromatic rings. The first-order valence-electron chi connectivity index (χ1n) is 6.95. The van der Waals surface area contributed by atoms with Crippen molar-refractivity contribution in [3.63, 3.8) is 0 Å². The first-order valence-corrected chi connectivity index (χ1v) is 7.89. The van der Waals surface area contributed by atoms with Crippen LogP contribution >= 0.6 is 11.3 Å². The summed E-state index contributed by atoms with van der Waals surface area (Å²) < 4.78 is 0. The Morgan fingerprint density at radius 2 is 2.10 bits per heavy atom. The monoisotopic (exact) mass is 296 g/mol. The summed E-state index contributed by atoms with van der Waals surface area (Å²) in [5, 5.41) is 18.5. The maximum absolute atomic E-state index is 11.8. The first-order chi connectivity index (χ1) is 9.66. The highest BCUT2D eigenvalue weighted by Gasteiger charge is 2.30. The number of nitrogens with one attached hydrogen (secondary N) is 2. The summed E-state index contributed by atoms with van der Waals surface area (Å²) in [4.78, 5) is 23.1. The molecule has 2 amide bonds. The number of urea groups is 1. The molecule has 20 heavy (non-hydrogen) atoms. The van der Waals surface area contributed by atoms with E-state index in [1.54, 1.807) is 11.3 Å². The average Bonchev–Trinajstić information content (AvgIpc) is 2.96. The SMILES string of the molecule is O=C(NCc1ccsc1)NC(C(=O)O)C1CCCCC1. The Bertz CT molecular complexity index is 441. The van der Waals surface area contributed by atoms with E-state index in [0.29, 0.717) is 6.54 Å². The lowest BCUT2D eigenvalue weighted by atomic mass is 9.84. The van der Waals surface area contributed by atoms with E-state index in [2.05, 4.69) is 10.6 Å². The molecular formula is C14H20N2O3S. The molecular weight excluding hydrogens is 276 g/mol. The van der Waals surface area contributed by atoms with Gasteiger partial charge in [-0.2, -0.15) is 11.3 Å². The molecule has 1 atom stereocenters. The third-order valence-corrected chi connectivity index (χ3v) is 4.44. The van der Waals surface area contributed by atoms with Gasteiger partial charge in [-0.15, -0.1) is 0 Å². The lowest BCUT2D eigenvalue weighted by molar-refractivity contribution is -0.141. The van der Waals surface area contributed by atoms with Crippen LogP contribution in [0.1, 0.15) is 37.7 Å². The van der Waals surface area contributed by atoms with Gasteiger partial charge in [-0.25, -0.2) is 9.59 Å². The van der Waals surface area contributed by atoms with Gasteiger partial charge < -0.3 is 15.7 Å². The molecule has 1 heterocycles. The van der Waals surface area contributed by atoms with Gasteiger partial charge in [-0.3, -0.25) is 0 Å². The zero-order chi connectivity index (χ0) is 14.4. The minimum atomic E-state index is -0.942. The fourth-order valence-corrected chi connectivity index (χ4v) is 3.29. The van der Waals surface area contributed by atoms with E-state index >= 15 is 0 Å². The lowest BCUT2D eigenvalue weighted by Crippen LogP contribution is -2.50. The molecule has 2 rings (SSSR count). The van der Waals surface area contributed by atoms with Crippen molar-refractivity contribution in [2.75, 3.05) is 0 Å². The van der Waals surface area contributed by atoms with Crippen LogP contribution in [0.25, 0.3) is 0 Å². The van der Waals surface area contributed by atoms with E-state index < -0.39 is 18.0 Å². The van der Waals surface area contributed by atoms with Gasteiger partial charge >= 0.3 is 12.0 Å². The van der Waals surface area contributed by atoms with Crippen LogP contribution in [0.5, 0.6) is 0 Å². The largest absolute Gasteiger partial charge is 0.480 e. The molecule has 1 fully saturated rings. The zero-order valence-corrected chi connectivity index (χ0v) is 12.1. The molecule has 0 saturated heterocycles. The molecule has 1 aliphatic rings. The van der Waals surface area contributed by atoms with Gasteiger partial charge in [0, 0.05) is 6.54 Å². The summed E-state index contributed by atoms with van der Waals surface area (Å²) in [6.45, 7) is 0.423. The fourth-order valence-electron chi connectivity index (χ4n) is 2.62. The summed E-state index contributed by atoms with van der Waals surface area (Å²) in [5.74, 6) is -0.893. The zero-order valence-electron chi connectivity index (χ0n) is 11.3. The molecule has 0 bridgehead atoms. The number of carboxylic acid groups (broad SMARTS) is 1. The number of carbonyl (C=O) groups excluding carboxylic acids is 1. The molecule has 1 unspecified atom stereocenters. The van der Waals surface area contributed by atoms with Crippen LogP contribution in [-0.4, -0.2) is 23.1 Å². The Labute approximate surface area is 122 Å². The highest BCUT2D eigenvalue weighted by molar-refractivity contribution is 7.07. The van der Waals surface area contributed by atoms with Gasteiger partial charge in [0.2, 0.25) is 0 Å². The van der Waals surface area contributed by atoms with Crippen molar-refractivity contribution in [2.24, 2.45) is 5.92 Å². The van der Waals surface area contributed by atoms with Crippen LogP contribution < -0.4 is 10.6 Å². The van der Waals surface area contributed by atoms with Crippen LogP contribution in [0.2, 0.25) is 0 Å². The Balaban J connectivity index is 1.83. The Morgan fingerprint density at radius 3 is 2.70 bits per heavy atom. The van der Waals surface area contributed by atoms with Gasteiger partial charge in [-0.1, -0.05) is 19.3 Å². The number of hydrogen-bond acceptors (Lipinski definition) is 3. The highest BCUT2D eigenvalue weighted by Crippen LogP contribution is 2.26. The fraction of sp³-hybridized carbons (Fsp3) is 0.571. The number of hydrogen-bond donors (Lipinski definition) is 3. The number of aliphatic carboxylic acids is 1. The molecule has 1 saturated carbocycles. The molecule has 0 radical (unpaired) electrons. The number of thiophene rings is 1. The summed E-state index contributed by atoms with van der Waals surface area (Å²) in [5.41, 5.74) is 1.02. The third-order valence-electron chi connectivity index (χ3n) is 3.71. The van der Waals surface area contributed by atoms with Crippen molar-refractivity contribution in [1.82, 2.24) is 10.6 Å². The quantitative estimate of drug-likeness (QED) is 0.781. The Hall–Kier alpha value is -1.56. The molecule has 5 nitrogen and oxygen atoms in total. The van der Waals surface area contributed by atoms with Crippen LogP contribution in [0.3, 0.4) is 0 Å². The summed E-state index contributed by atoms with van der Waals surface area (Å²) >= 11 is 1.57. The van der Waals surface area contributed by atoms with Gasteiger partial charge in [0.15, 0.2) is 0 Å². The van der Waals surface area contributed by atoms with E-state index in [1.165, 1.54) is 0 Å². The van der Waals surface area contributed by atoms with E-state index in [4.69, 9.17) is 0 Å². The molecule has 0 aliphatic heterocycles. The minimum Gasteiger partial charge on any atom is -0.480 e. The van der Waals surface area contributed by atoms with Crippen molar-refractivity contribution in [2.45, 2.75) is 44.7 Å². The van der Waals surface area contributed by atoms with Crippen molar-refractivity contribution >= 4 is 23.3 Å². The van der Waals surface area contributed by atoms with Crippen LogP contribution in [0.4, 0.5) is 4.79 Å². The number of rotatable bonds is 5. The molecule has 110 valence electrons. The molecule has 6 heteroatoms. The minimum absolute atomic E-state index is 0.0492. The smallest absolute Gasteiger partial charge is 0.326 e. The molecule has 0 spiro atoms. The van der Waals surface area contributed by atoms with Gasteiger partial charge in [0.1, 0.15) is 6.04 Å². The maximum Gasteiger partial charge on any atom is 0.326 e. The Kier molecular flexibility index (Phi) is 5.40. The highest BCUT2D eigenvalue weighted by atomic mass is 32.1. The molecule has 1 aliphatic carbocycles. The van der Waals surface area contributed by atoms with Crippen LogP contribution in [0.15, 0.2) is 16.8 Å². The van der Waals surface area contributed by atoms with Gasteiger partial charge in [-0.05, 0) is 41.1 Å². The molecule has 0 aromatic carbocycles. The summed E-state index contributed by atoms with van der Waals surface area (Å²) in [7, 11) is 0. The maximum atomic E-state index is 11.8. The van der Waals surface area contributed by atoms with Gasteiger partial charge in [0.25, 0.3) is 0 Å². The third kappa shape index (κ3) is 4.23. The van der Waals surface area contributed by atoms with Crippen molar-refractivity contribution in [1.29, 1.82) is 0 Å². The average molecular weight is 296 g/mol. The topological polar surface area (TPSA) is 78.4 Å². The van der Waals surface area contributed by atoms with E-state index in [-0.39, 0.29) is 5.92 Å². The number of amides is 2. The number of carbonyl (C=O) groups is 2. The van der Waals surface area contributed by atoms with Crippen molar-refractivity contribution in [3.05, 3.63) is 22.4 Å². The lowest BCUT2D eigenvalue weighted by Gasteiger charge is -2.28. The molecule has 3 N–H and O–H groups in total. The normalized spacial score (nSPS) is 17.4. The van der Waals surface area contributed by atoms with E-state index in [0.717, 1.165) is 37.7 Å². The predicted molar refractivity (Wildman–Crippen MR) is 77.7 cm³/mol. The standard InChI is InChI=1S/C14H20N2O3S/c17-13(18)12(11-4-2-1-3-5-11)16-14(19)15-8-10-6-7-20-9-10/h6-7,9,11-12H,1-5,8H2,(H,17,18)(H2,15,16,19). The second-order valence-corrected chi connectivity index (χ2v) is 5.95. The van der Waals surface area contributed by atoms with Gasteiger partial charge in [0.05, 0.1) is 0 Å².